The zero-order valence-electron chi connectivity index (χ0n) is 12.3. The van der Waals surface area contributed by atoms with Gasteiger partial charge < -0.3 is 0 Å². The molecule has 0 amide bonds. The van der Waals surface area contributed by atoms with Crippen molar-refractivity contribution >= 4 is 0 Å². The molecule has 1 aromatic rings. The van der Waals surface area contributed by atoms with Gasteiger partial charge in [-0.3, -0.25) is 0 Å². The smallest absolute Gasteiger partial charge is 0.194 e. The summed E-state index contributed by atoms with van der Waals surface area (Å²) in [6.45, 7) is 1.85. The average molecular weight is 302 g/mol. The van der Waals surface area contributed by atoms with Crippen LogP contribution in [0, 0.1) is 23.4 Å². The summed E-state index contributed by atoms with van der Waals surface area (Å²) in [4.78, 5) is 0. The predicted molar refractivity (Wildman–Crippen MR) is 75.4 cm³/mol. The van der Waals surface area contributed by atoms with Gasteiger partial charge in [-0.1, -0.05) is 6.92 Å². The van der Waals surface area contributed by atoms with Crippen molar-refractivity contribution in [2.24, 2.45) is 5.92 Å². The molecule has 0 bridgehead atoms. The van der Waals surface area contributed by atoms with Gasteiger partial charge in [0.05, 0.1) is 6.17 Å². The molecule has 1 saturated carbocycles. The molecule has 0 radical (unpaired) electrons. The Labute approximate surface area is 123 Å². The summed E-state index contributed by atoms with van der Waals surface area (Å²) >= 11 is 0. The molecule has 2 rings (SSSR count). The van der Waals surface area contributed by atoms with Crippen LogP contribution < -0.4 is 0 Å². The standard InChI is InChI=1S/C17H22F4/c1-2-14(18)8-5-11-3-6-12(7-4-11)13-9-15(19)17(21)16(20)10-13/h9-12,14H,2-8H2,1H3. The molecule has 0 aliphatic heterocycles. The third-order valence-electron chi connectivity index (χ3n) is 4.66. The topological polar surface area (TPSA) is 0 Å². The molecule has 1 aliphatic rings. The molecule has 21 heavy (non-hydrogen) atoms. The summed E-state index contributed by atoms with van der Waals surface area (Å²) in [6.07, 6.45) is 4.88. The molecule has 1 atom stereocenters. The highest BCUT2D eigenvalue weighted by Crippen LogP contribution is 2.38. The molecule has 0 heterocycles. The molecular weight excluding hydrogens is 280 g/mol. The summed E-state index contributed by atoms with van der Waals surface area (Å²) in [5, 5.41) is 0. The van der Waals surface area contributed by atoms with Crippen LogP contribution in [0.25, 0.3) is 0 Å². The SMILES string of the molecule is CCC(F)CCC1CCC(c2cc(F)c(F)c(F)c2)CC1. The van der Waals surface area contributed by atoms with Crippen LogP contribution in [0.5, 0.6) is 0 Å². The van der Waals surface area contributed by atoms with Crippen molar-refractivity contribution in [1.29, 1.82) is 0 Å². The van der Waals surface area contributed by atoms with E-state index in [-0.39, 0.29) is 5.92 Å². The van der Waals surface area contributed by atoms with E-state index in [2.05, 4.69) is 0 Å². The fourth-order valence-electron chi connectivity index (χ4n) is 3.22. The minimum absolute atomic E-state index is 0.0817. The van der Waals surface area contributed by atoms with Crippen molar-refractivity contribution < 1.29 is 17.6 Å². The molecule has 1 aromatic carbocycles. The Morgan fingerprint density at radius 3 is 2.14 bits per heavy atom. The minimum atomic E-state index is -1.40. The van der Waals surface area contributed by atoms with Crippen molar-refractivity contribution in [2.45, 2.75) is 64.0 Å². The first-order valence-electron chi connectivity index (χ1n) is 7.79. The predicted octanol–water partition coefficient (Wildman–Crippen LogP) is 5.91. The Morgan fingerprint density at radius 1 is 1.05 bits per heavy atom. The number of halogens is 4. The molecule has 4 heteroatoms. The van der Waals surface area contributed by atoms with Gasteiger partial charge in [0.25, 0.3) is 0 Å². The van der Waals surface area contributed by atoms with Gasteiger partial charge in [0.2, 0.25) is 0 Å². The van der Waals surface area contributed by atoms with Gasteiger partial charge in [0.1, 0.15) is 0 Å². The van der Waals surface area contributed by atoms with Crippen LogP contribution in [0.3, 0.4) is 0 Å². The van der Waals surface area contributed by atoms with E-state index in [1.54, 1.807) is 0 Å². The van der Waals surface area contributed by atoms with E-state index < -0.39 is 23.6 Å². The number of hydrogen-bond acceptors (Lipinski definition) is 0. The van der Waals surface area contributed by atoms with E-state index in [1.165, 1.54) is 0 Å². The average Bonchev–Trinajstić information content (AvgIpc) is 2.50. The number of alkyl halides is 1. The van der Waals surface area contributed by atoms with Gasteiger partial charge in [-0.2, -0.15) is 0 Å². The summed E-state index contributed by atoms with van der Waals surface area (Å²) < 4.78 is 52.7. The molecule has 0 saturated heterocycles. The quantitative estimate of drug-likeness (QED) is 0.469. The normalized spacial score (nSPS) is 24.0. The molecule has 0 spiro atoms. The summed E-state index contributed by atoms with van der Waals surface area (Å²) in [5.74, 6) is -3.05. The maximum atomic E-state index is 13.3. The van der Waals surface area contributed by atoms with Gasteiger partial charge in [-0.25, -0.2) is 17.6 Å². The number of benzene rings is 1. The lowest BCUT2D eigenvalue weighted by atomic mass is 9.77. The molecule has 0 N–H and O–H groups in total. The number of hydrogen-bond donors (Lipinski definition) is 0. The first-order chi connectivity index (χ1) is 10.0. The lowest BCUT2D eigenvalue weighted by Crippen LogP contribution is -2.15. The van der Waals surface area contributed by atoms with Crippen LogP contribution in [-0.2, 0) is 0 Å². The molecule has 1 aliphatic carbocycles. The molecule has 0 nitrogen and oxygen atoms in total. The van der Waals surface area contributed by atoms with Crippen molar-refractivity contribution in [1.82, 2.24) is 0 Å². The molecule has 1 unspecified atom stereocenters. The van der Waals surface area contributed by atoms with Crippen molar-refractivity contribution in [3.63, 3.8) is 0 Å². The van der Waals surface area contributed by atoms with Gasteiger partial charge in [-0.05, 0) is 74.5 Å². The minimum Gasteiger partial charge on any atom is -0.248 e. The largest absolute Gasteiger partial charge is 0.248 e. The zero-order chi connectivity index (χ0) is 15.4. The van der Waals surface area contributed by atoms with E-state index in [4.69, 9.17) is 0 Å². The van der Waals surface area contributed by atoms with Crippen LogP contribution >= 0.6 is 0 Å². The van der Waals surface area contributed by atoms with E-state index in [0.29, 0.717) is 24.3 Å². The van der Waals surface area contributed by atoms with Crippen molar-refractivity contribution in [2.75, 3.05) is 0 Å². The number of rotatable bonds is 5. The Hall–Kier alpha value is -1.06. The second-order valence-corrected chi connectivity index (χ2v) is 6.10. The lowest BCUT2D eigenvalue weighted by molar-refractivity contribution is 0.246. The fourth-order valence-corrected chi connectivity index (χ4v) is 3.22. The van der Waals surface area contributed by atoms with Gasteiger partial charge in [-0.15, -0.1) is 0 Å². The lowest BCUT2D eigenvalue weighted by Gasteiger charge is -2.29. The van der Waals surface area contributed by atoms with Gasteiger partial charge in [0.15, 0.2) is 17.5 Å². The van der Waals surface area contributed by atoms with Crippen LogP contribution in [-0.4, -0.2) is 6.17 Å². The van der Waals surface area contributed by atoms with E-state index >= 15 is 0 Å². The van der Waals surface area contributed by atoms with Crippen LogP contribution in [0.4, 0.5) is 17.6 Å². The first-order valence-corrected chi connectivity index (χ1v) is 7.79. The third kappa shape index (κ3) is 4.21. The highest BCUT2D eigenvalue weighted by molar-refractivity contribution is 5.23. The first kappa shape index (κ1) is 16.3. The maximum Gasteiger partial charge on any atom is 0.194 e. The highest BCUT2D eigenvalue weighted by atomic mass is 19.2. The highest BCUT2D eigenvalue weighted by Gasteiger charge is 2.24. The van der Waals surface area contributed by atoms with Gasteiger partial charge >= 0.3 is 0 Å². The summed E-state index contributed by atoms with van der Waals surface area (Å²) in [7, 11) is 0. The molecular formula is C17H22F4. The Bertz CT molecular complexity index is 441. The molecule has 0 aromatic heterocycles. The van der Waals surface area contributed by atoms with E-state index in [1.807, 2.05) is 6.92 Å². The summed E-state index contributed by atoms with van der Waals surface area (Å²) in [6, 6.07) is 2.22. The van der Waals surface area contributed by atoms with Crippen LogP contribution in [0.1, 0.15) is 63.4 Å². The monoisotopic (exact) mass is 302 g/mol. The zero-order valence-corrected chi connectivity index (χ0v) is 12.3. The summed E-state index contributed by atoms with van der Waals surface area (Å²) in [5.41, 5.74) is 0.543. The second-order valence-electron chi connectivity index (χ2n) is 6.10. The fraction of sp³-hybridized carbons (Fsp3) is 0.647. The van der Waals surface area contributed by atoms with Crippen LogP contribution in [0.15, 0.2) is 12.1 Å². The maximum absolute atomic E-state index is 13.3. The Kier molecular flexibility index (Phi) is 5.65. The Morgan fingerprint density at radius 2 is 1.62 bits per heavy atom. The van der Waals surface area contributed by atoms with Crippen LogP contribution in [0.2, 0.25) is 0 Å². The van der Waals surface area contributed by atoms with E-state index in [0.717, 1.165) is 44.2 Å². The molecule has 1 fully saturated rings. The van der Waals surface area contributed by atoms with Gasteiger partial charge in [0, 0.05) is 0 Å². The van der Waals surface area contributed by atoms with Crippen molar-refractivity contribution in [3.05, 3.63) is 35.1 Å². The Balaban J connectivity index is 1.89. The van der Waals surface area contributed by atoms with E-state index in [9.17, 15) is 17.6 Å². The third-order valence-corrected chi connectivity index (χ3v) is 4.66. The molecule has 118 valence electrons. The second kappa shape index (κ2) is 7.28. The van der Waals surface area contributed by atoms with Crippen molar-refractivity contribution in [3.8, 4) is 0 Å².